The Bertz CT molecular complexity index is 1420. The van der Waals surface area contributed by atoms with Crippen LogP contribution in [0.15, 0.2) is 67.4 Å². The van der Waals surface area contributed by atoms with Crippen LogP contribution in [0, 0.1) is 5.92 Å². The minimum Gasteiger partial charge on any atom is -0.375 e. The van der Waals surface area contributed by atoms with Crippen LogP contribution in [0.5, 0.6) is 0 Å². The van der Waals surface area contributed by atoms with Crippen LogP contribution >= 0.6 is 0 Å². The number of hydrogen-bond donors (Lipinski definition) is 2. The molecule has 4 aromatic heterocycles. The summed E-state index contributed by atoms with van der Waals surface area (Å²) in [7, 11) is 0. The molecule has 0 spiro atoms. The van der Waals surface area contributed by atoms with Gasteiger partial charge in [-0.1, -0.05) is 6.58 Å². The number of aromatic nitrogens is 6. The molecule has 6 rings (SSSR count). The van der Waals surface area contributed by atoms with E-state index in [0.717, 1.165) is 85.7 Å². The Balaban J connectivity index is 1.10. The van der Waals surface area contributed by atoms with Crippen molar-refractivity contribution in [2.75, 3.05) is 31.9 Å². The third kappa shape index (κ3) is 4.79. The second-order valence-electron chi connectivity index (χ2n) is 10.3. The fourth-order valence-corrected chi connectivity index (χ4v) is 5.87. The van der Waals surface area contributed by atoms with Gasteiger partial charge in [-0.05, 0) is 57.0 Å². The van der Waals surface area contributed by atoms with Crippen molar-refractivity contribution in [1.29, 1.82) is 0 Å². The summed E-state index contributed by atoms with van der Waals surface area (Å²) >= 11 is 0. The van der Waals surface area contributed by atoms with Crippen molar-refractivity contribution in [3.63, 3.8) is 0 Å². The second kappa shape index (κ2) is 10.4. The first-order valence-electron chi connectivity index (χ1n) is 13.3. The van der Waals surface area contributed by atoms with Gasteiger partial charge >= 0.3 is 0 Å². The van der Waals surface area contributed by atoms with Gasteiger partial charge in [-0.3, -0.25) is 10.1 Å². The van der Waals surface area contributed by atoms with Crippen molar-refractivity contribution in [1.82, 2.24) is 34.3 Å². The van der Waals surface area contributed by atoms with E-state index in [9.17, 15) is 5.21 Å². The molecule has 196 valence electrons. The number of fused-ring (bicyclic) bond motifs is 1. The van der Waals surface area contributed by atoms with Crippen molar-refractivity contribution in [2.24, 2.45) is 5.92 Å². The summed E-state index contributed by atoms with van der Waals surface area (Å²) in [5.74, 6) is 1.57. The molecule has 2 fully saturated rings. The van der Waals surface area contributed by atoms with Crippen molar-refractivity contribution in [3.05, 3.63) is 73.0 Å². The second-order valence-corrected chi connectivity index (χ2v) is 10.3. The smallest absolute Gasteiger partial charge is 0.299 e. The SMILES string of the molecule is C=C(C1CCN(Cc2cnc(N)nc2)CC1)N1CCC(n2c(-c3cccc[n+]3O)nc3cccnc32)CC1. The molecule has 2 aliphatic heterocycles. The van der Waals surface area contributed by atoms with E-state index in [4.69, 9.17) is 10.7 Å². The number of likely N-dealkylation sites (tertiary alicyclic amines) is 2. The molecule has 10 nitrogen and oxygen atoms in total. The number of rotatable bonds is 6. The molecule has 0 unspecified atom stereocenters. The maximum atomic E-state index is 10.5. The predicted molar refractivity (Wildman–Crippen MR) is 144 cm³/mol. The van der Waals surface area contributed by atoms with Crippen LogP contribution in [0.25, 0.3) is 22.7 Å². The highest BCUT2D eigenvalue weighted by molar-refractivity contribution is 5.75. The fourth-order valence-electron chi connectivity index (χ4n) is 5.87. The quantitative estimate of drug-likeness (QED) is 0.299. The number of allylic oxidation sites excluding steroid dienone is 1. The molecular weight excluding hydrogens is 478 g/mol. The monoisotopic (exact) mass is 512 g/mol. The number of anilines is 1. The minimum absolute atomic E-state index is 0.248. The zero-order valence-corrected chi connectivity index (χ0v) is 21.5. The molecule has 2 saturated heterocycles. The van der Waals surface area contributed by atoms with E-state index in [1.807, 2.05) is 42.9 Å². The summed E-state index contributed by atoms with van der Waals surface area (Å²) in [6.07, 6.45) is 11.3. The van der Waals surface area contributed by atoms with Gasteiger partial charge in [0.15, 0.2) is 5.65 Å². The van der Waals surface area contributed by atoms with Gasteiger partial charge in [-0.2, -0.15) is 0 Å². The Morgan fingerprint density at radius 3 is 2.50 bits per heavy atom. The molecule has 2 aliphatic rings. The Morgan fingerprint density at radius 1 is 1.00 bits per heavy atom. The Labute approximate surface area is 222 Å². The highest BCUT2D eigenvalue weighted by Crippen LogP contribution is 2.34. The molecule has 0 bridgehead atoms. The molecule has 0 amide bonds. The number of nitrogen functional groups attached to an aromatic ring is 1. The van der Waals surface area contributed by atoms with Crippen LogP contribution in [0.1, 0.15) is 37.3 Å². The van der Waals surface area contributed by atoms with Crippen LogP contribution in [-0.2, 0) is 6.54 Å². The Hall–Kier alpha value is -4.05. The molecule has 4 aromatic rings. The summed E-state index contributed by atoms with van der Waals surface area (Å²) in [4.78, 5) is 22.7. The van der Waals surface area contributed by atoms with E-state index in [0.29, 0.717) is 17.6 Å². The first-order chi connectivity index (χ1) is 18.6. The summed E-state index contributed by atoms with van der Waals surface area (Å²) in [5, 5.41) is 10.5. The van der Waals surface area contributed by atoms with Crippen LogP contribution in [0.4, 0.5) is 5.95 Å². The highest BCUT2D eigenvalue weighted by atomic mass is 16.5. The van der Waals surface area contributed by atoms with Gasteiger partial charge < -0.3 is 15.2 Å². The van der Waals surface area contributed by atoms with Gasteiger partial charge in [0.2, 0.25) is 18.0 Å². The molecule has 0 aliphatic carbocycles. The molecule has 6 heterocycles. The zero-order valence-electron chi connectivity index (χ0n) is 21.5. The molecule has 0 aromatic carbocycles. The summed E-state index contributed by atoms with van der Waals surface area (Å²) in [5.41, 5.74) is 10.3. The van der Waals surface area contributed by atoms with E-state index < -0.39 is 0 Å². The maximum absolute atomic E-state index is 10.5. The third-order valence-corrected chi connectivity index (χ3v) is 7.94. The number of nitrogens with zero attached hydrogens (tertiary/aromatic N) is 8. The lowest BCUT2D eigenvalue weighted by Gasteiger charge is -2.40. The van der Waals surface area contributed by atoms with E-state index in [1.165, 1.54) is 5.70 Å². The van der Waals surface area contributed by atoms with Crippen molar-refractivity contribution in [3.8, 4) is 11.5 Å². The normalized spacial score (nSPS) is 17.7. The zero-order chi connectivity index (χ0) is 26.1. The lowest BCUT2D eigenvalue weighted by molar-refractivity contribution is -0.896. The lowest BCUT2D eigenvalue weighted by Crippen LogP contribution is -2.40. The number of piperidine rings is 2. The van der Waals surface area contributed by atoms with Crippen LogP contribution in [0.3, 0.4) is 0 Å². The van der Waals surface area contributed by atoms with Crippen molar-refractivity contribution < 1.29 is 9.94 Å². The van der Waals surface area contributed by atoms with Crippen molar-refractivity contribution >= 4 is 17.1 Å². The van der Waals surface area contributed by atoms with Crippen LogP contribution < -0.4 is 10.5 Å². The molecule has 0 atom stereocenters. The van der Waals surface area contributed by atoms with Gasteiger partial charge in [-0.25, -0.2) is 19.9 Å². The third-order valence-electron chi connectivity index (χ3n) is 7.94. The van der Waals surface area contributed by atoms with E-state index in [1.54, 1.807) is 12.3 Å². The first kappa shape index (κ1) is 24.3. The van der Waals surface area contributed by atoms with Crippen LogP contribution in [0.2, 0.25) is 0 Å². The van der Waals surface area contributed by atoms with Gasteiger partial charge in [0.05, 0.1) is 0 Å². The van der Waals surface area contributed by atoms with Gasteiger partial charge in [0.1, 0.15) is 5.52 Å². The fraction of sp³-hybridized carbons (Fsp3) is 0.393. The number of nitrogens with two attached hydrogens (primary N) is 1. The molecular formula is C28H34N9O+. The average Bonchev–Trinajstić information content (AvgIpc) is 3.34. The van der Waals surface area contributed by atoms with Gasteiger partial charge in [0, 0.05) is 78.3 Å². The summed E-state index contributed by atoms with van der Waals surface area (Å²) in [6.45, 7) is 9.38. The topological polar surface area (TPSA) is 113 Å². The van der Waals surface area contributed by atoms with Gasteiger partial charge in [0.25, 0.3) is 5.69 Å². The largest absolute Gasteiger partial charge is 0.375 e. The Kier molecular flexibility index (Phi) is 6.63. The van der Waals surface area contributed by atoms with Gasteiger partial charge in [-0.15, -0.1) is 0 Å². The number of pyridine rings is 2. The maximum Gasteiger partial charge on any atom is 0.299 e. The number of hydrogen-bond acceptors (Lipinski definition) is 8. The predicted octanol–water partition coefficient (Wildman–Crippen LogP) is 3.06. The molecule has 0 saturated carbocycles. The van der Waals surface area contributed by atoms with Crippen LogP contribution in [-0.4, -0.2) is 65.7 Å². The van der Waals surface area contributed by atoms with E-state index >= 15 is 0 Å². The highest BCUT2D eigenvalue weighted by Gasteiger charge is 2.31. The lowest BCUT2D eigenvalue weighted by atomic mass is 9.91. The van der Waals surface area contributed by atoms with E-state index in [-0.39, 0.29) is 6.04 Å². The van der Waals surface area contributed by atoms with E-state index in [2.05, 4.69) is 35.9 Å². The summed E-state index contributed by atoms with van der Waals surface area (Å²) < 4.78 is 3.36. The molecule has 0 radical (unpaired) electrons. The number of imidazole rings is 1. The molecule has 10 heteroatoms. The molecule has 38 heavy (non-hydrogen) atoms. The minimum atomic E-state index is 0.248. The first-order valence-corrected chi connectivity index (χ1v) is 13.3. The standard InChI is InChI=1S/C28H34N9O/c1-20(22-7-13-34(14-8-22)19-21-17-31-28(29)32-18-21)35-15-9-23(10-16-35)37-26-24(5-4-11-30-26)33-27(37)25-6-2-3-12-36(25)38/h2-6,11-12,17-18,22-23,38H,1,7-10,13-16,19H2,(H2,29,31,32)/q+1. The summed E-state index contributed by atoms with van der Waals surface area (Å²) in [6, 6.07) is 9.75. The molecule has 3 N–H and O–H groups in total. The average molecular weight is 513 g/mol. The Morgan fingerprint density at radius 2 is 1.76 bits per heavy atom. The van der Waals surface area contributed by atoms with Crippen molar-refractivity contribution in [2.45, 2.75) is 38.3 Å².